The lowest BCUT2D eigenvalue weighted by atomic mass is 10.1. The van der Waals surface area contributed by atoms with Crippen LogP contribution in [0.3, 0.4) is 0 Å². The number of non-ortho nitro benzene ring substituents is 1. The molecule has 154 valence electrons. The lowest BCUT2D eigenvalue weighted by Gasteiger charge is -2.10. The summed E-state index contributed by atoms with van der Waals surface area (Å²) in [6.45, 7) is 2.13. The molecule has 0 saturated heterocycles. The molecule has 3 aromatic carbocycles. The second-order valence-electron chi connectivity index (χ2n) is 7.00. The van der Waals surface area contributed by atoms with Crippen molar-refractivity contribution in [3.05, 3.63) is 110 Å². The Balaban J connectivity index is 1.83. The van der Waals surface area contributed by atoms with Crippen LogP contribution in [0.5, 0.6) is 0 Å². The van der Waals surface area contributed by atoms with E-state index in [1.54, 1.807) is 24.3 Å². The van der Waals surface area contributed by atoms with Crippen LogP contribution in [-0.4, -0.2) is 15.3 Å². The Morgan fingerprint density at radius 3 is 2.45 bits per heavy atom. The maximum atomic E-state index is 11.7. The summed E-state index contributed by atoms with van der Waals surface area (Å²) in [6, 6.07) is 23.8. The average molecular weight is 430 g/mol. The Morgan fingerprint density at radius 1 is 1.03 bits per heavy atom. The van der Waals surface area contributed by atoms with Gasteiger partial charge in [-0.3, -0.25) is 14.9 Å². The molecule has 0 amide bonds. The van der Waals surface area contributed by atoms with E-state index in [9.17, 15) is 14.9 Å². The Labute approximate surface area is 182 Å². The maximum absolute atomic E-state index is 11.7. The lowest BCUT2D eigenvalue weighted by Crippen LogP contribution is -2.16. The first-order chi connectivity index (χ1) is 15.0. The molecule has 6 nitrogen and oxygen atoms in total. The molecular weight excluding hydrogens is 410 g/mol. The van der Waals surface area contributed by atoms with Crippen LogP contribution in [0.2, 0.25) is 0 Å². The van der Waals surface area contributed by atoms with Crippen LogP contribution in [0.15, 0.2) is 89.2 Å². The molecule has 7 heteroatoms. The monoisotopic (exact) mass is 429 g/mol. The number of hydrogen-bond donors (Lipinski definition) is 0. The topological polar surface area (TPSA) is 77.5 Å². The summed E-state index contributed by atoms with van der Waals surface area (Å²) in [7, 11) is 0. The molecule has 0 bridgehead atoms. The number of carbonyl (C=O) groups is 1. The van der Waals surface area contributed by atoms with Crippen LogP contribution in [-0.2, 0) is 6.54 Å². The van der Waals surface area contributed by atoms with E-state index in [0.717, 1.165) is 21.6 Å². The van der Waals surface area contributed by atoms with E-state index in [0.29, 0.717) is 17.8 Å². The highest BCUT2D eigenvalue weighted by molar-refractivity contribution is 7.07. The van der Waals surface area contributed by atoms with Crippen LogP contribution in [0, 0.1) is 10.1 Å². The molecule has 0 saturated carbocycles. The predicted octanol–water partition coefficient (Wildman–Crippen LogP) is 5.61. The van der Waals surface area contributed by atoms with Crippen molar-refractivity contribution in [1.82, 2.24) is 4.57 Å². The Kier molecular flexibility index (Phi) is 5.86. The first-order valence-corrected chi connectivity index (χ1v) is 10.5. The summed E-state index contributed by atoms with van der Waals surface area (Å²) < 4.78 is 2.08. The van der Waals surface area contributed by atoms with Crippen molar-refractivity contribution in [3.8, 4) is 11.3 Å². The molecule has 4 rings (SSSR count). The molecule has 0 atom stereocenters. The van der Waals surface area contributed by atoms with Crippen LogP contribution in [0.4, 0.5) is 11.4 Å². The molecule has 4 aromatic rings. The van der Waals surface area contributed by atoms with Gasteiger partial charge < -0.3 is 4.57 Å². The highest BCUT2D eigenvalue weighted by Gasteiger charge is 2.12. The van der Waals surface area contributed by atoms with Gasteiger partial charge in [-0.25, -0.2) is 4.99 Å². The van der Waals surface area contributed by atoms with Gasteiger partial charge in [0.15, 0.2) is 10.6 Å². The van der Waals surface area contributed by atoms with E-state index in [2.05, 4.69) is 4.57 Å². The second-order valence-corrected chi connectivity index (χ2v) is 7.83. The van der Waals surface area contributed by atoms with Gasteiger partial charge in [0.2, 0.25) is 0 Å². The fourth-order valence-corrected chi connectivity index (χ4v) is 4.16. The molecule has 1 aromatic heterocycles. The number of aromatic nitrogens is 1. The number of rotatable bonds is 6. The third-order valence-electron chi connectivity index (χ3n) is 4.83. The van der Waals surface area contributed by atoms with E-state index >= 15 is 0 Å². The number of carbonyl (C=O) groups excluding carboxylic acids is 1. The zero-order valence-corrected chi connectivity index (χ0v) is 17.6. The molecule has 0 N–H and O–H groups in total. The summed E-state index contributed by atoms with van der Waals surface area (Å²) in [5, 5.41) is 13.0. The van der Waals surface area contributed by atoms with Gasteiger partial charge in [-0.05, 0) is 42.3 Å². The number of hydrogen-bond acceptors (Lipinski definition) is 5. The summed E-state index contributed by atoms with van der Waals surface area (Å²) in [4.78, 5) is 27.9. The number of nitrogens with zero attached hydrogens (tertiary/aromatic N) is 3. The third kappa shape index (κ3) is 4.67. The third-order valence-corrected chi connectivity index (χ3v) is 5.70. The Morgan fingerprint density at radius 2 is 1.77 bits per heavy atom. The molecule has 0 unspecified atom stereocenters. The minimum absolute atomic E-state index is 0.00744. The zero-order valence-electron chi connectivity index (χ0n) is 16.8. The fourth-order valence-electron chi connectivity index (χ4n) is 3.23. The SMILES string of the molecule is CC(=O)c1cccc(N=c2scc(-c3ccc([N+](=O)[O-])cc3)n2Cc2ccccc2)c1. The molecule has 0 aliphatic carbocycles. The number of benzene rings is 3. The molecule has 1 heterocycles. The van der Waals surface area contributed by atoms with Crippen molar-refractivity contribution in [2.75, 3.05) is 0 Å². The van der Waals surface area contributed by atoms with Gasteiger partial charge >= 0.3 is 0 Å². The number of ketones is 1. The fraction of sp³-hybridized carbons (Fsp3) is 0.0833. The van der Waals surface area contributed by atoms with Gasteiger partial charge in [0, 0.05) is 23.1 Å². The van der Waals surface area contributed by atoms with Crippen molar-refractivity contribution < 1.29 is 9.72 Å². The van der Waals surface area contributed by atoms with E-state index < -0.39 is 4.92 Å². The quantitative estimate of drug-likeness (QED) is 0.227. The van der Waals surface area contributed by atoms with Crippen molar-refractivity contribution in [3.63, 3.8) is 0 Å². The number of nitro benzene ring substituents is 1. The molecular formula is C24H19N3O3S. The predicted molar refractivity (Wildman–Crippen MR) is 122 cm³/mol. The van der Waals surface area contributed by atoms with E-state index in [-0.39, 0.29) is 11.5 Å². The van der Waals surface area contributed by atoms with Gasteiger partial charge in [0.05, 0.1) is 22.8 Å². The molecule has 31 heavy (non-hydrogen) atoms. The highest BCUT2D eigenvalue weighted by atomic mass is 32.1. The summed E-state index contributed by atoms with van der Waals surface area (Å²) in [6.07, 6.45) is 0. The Bertz CT molecular complexity index is 1310. The van der Waals surface area contributed by atoms with Gasteiger partial charge in [0.25, 0.3) is 5.69 Å². The summed E-state index contributed by atoms with van der Waals surface area (Å²) in [5.41, 5.74) is 4.28. The minimum atomic E-state index is -0.405. The highest BCUT2D eigenvalue weighted by Crippen LogP contribution is 2.24. The van der Waals surface area contributed by atoms with Gasteiger partial charge in [-0.2, -0.15) is 0 Å². The van der Waals surface area contributed by atoms with E-state index in [1.165, 1.54) is 30.4 Å². The van der Waals surface area contributed by atoms with Gasteiger partial charge in [-0.15, -0.1) is 11.3 Å². The summed E-state index contributed by atoms with van der Waals surface area (Å²) in [5.74, 6) is -0.00744. The molecule has 0 fully saturated rings. The summed E-state index contributed by atoms with van der Waals surface area (Å²) >= 11 is 1.49. The van der Waals surface area contributed by atoms with Gasteiger partial charge in [-0.1, -0.05) is 42.5 Å². The van der Waals surface area contributed by atoms with Crippen LogP contribution in [0.1, 0.15) is 22.8 Å². The molecule has 0 spiro atoms. The normalized spacial score (nSPS) is 11.5. The number of nitro groups is 1. The molecule has 0 radical (unpaired) electrons. The second kappa shape index (κ2) is 8.89. The van der Waals surface area contributed by atoms with Gasteiger partial charge in [0.1, 0.15) is 0 Å². The maximum Gasteiger partial charge on any atom is 0.269 e. The first-order valence-electron chi connectivity index (χ1n) is 9.64. The van der Waals surface area contributed by atoms with Crippen molar-refractivity contribution in [2.24, 2.45) is 4.99 Å². The van der Waals surface area contributed by atoms with Crippen LogP contribution >= 0.6 is 11.3 Å². The average Bonchev–Trinajstić information content (AvgIpc) is 3.16. The van der Waals surface area contributed by atoms with Crippen molar-refractivity contribution >= 4 is 28.5 Å². The number of Topliss-reactive ketones (excluding diaryl/α,β-unsaturated/α-hetero) is 1. The minimum Gasteiger partial charge on any atom is -0.312 e. The standard InChI is InChI=1S/C24H19N3O3S/c1-17(28)20-8-5-9-21(14-20)25-24-26(15-18-6-3-2-4-7-18)23(16-31-24)19-10-12-22(13-11-19)27(29)30/h2-14,16H,15H2,1H3. The molecule has 0 aliphatic heterocycles. The van der Waals surface area contributed by atoms with Crippen molar-refractivity contribution in [2.45, 2.75) is 13.5 Å². The largest absolute Gasteiger partial charge is 0.312 e. The molecule has 0 aliphatic rings. The van der Waals surface area contributed by atoms with Crippen molar-refractivity contribution in [1.29, 1.82) is 0 Å². The Hall–Kier alpha value is -3.84. The smallest absolute Gasteiger partial charge is 0.269 e. The van der Waals surface area contributed by atoms with Crippen LogP contribution in [0.25, 0.3) is 11.3 Å². The first kappa shape index (κ1) is 20.4. The van der Waals surface area contributed by atoms with E-state index in [1.807, 2.05) is 47.8 Å². The van der Waals surface area contributed by atoms with E-state index in [4.69, 9.17) is 4.99 Å². The van der Waals surface area contributed by atoms with Crippen LogP contribution < -0.4 is 4.80 Å². The number of thiazole rings is 1. The zero-order chi connectivity index (χ0) is 21.8. The lowest BCUT2D eigenvalue weighted by molar-refractivity contribution is -0.384.